The van der Waals surface area contributed by atoms with Crippen LogP contribution in [-0.4, -0.2) is 96.3 Å². The fourth-order valence-corrected chi connectivity index (χ4v) is 7.64. The lowest BCUT2D eigenvalue weighted by Crippen LogP contribution is -2.45. The Hall–Kier alpha value is -6.12. The fraction of sp³-hybridized carbons (Fsp3) is 0.429. The number of nitrogens with zero attached hydrogens (tertiary/aromatic N) is 6. The number of carbonyl (C=O) groups excluding carboxylic acids is 4. The molecule has 15 heteroatoms. The van der Waals surface area contributed by atoms with Gasteiger partial charge in [0.2, 0.25) is 11.8 Å². The summed E-state index contributed by atoms with van der Waals surface area (Å²) >= 11 is 0. The van der Waals surface area contributed by atoms with Crippen molar-refractivity contribution in [3.8, 4) is 33.8 Å². The van der Waals surface area contributed by atoms with Crippen molar-refractivity contribution in [2.24, 2.45) is 11.8 Å². The van der Waals surface area contributed by atoms with Gasteiger partial charge in [-0.05, 0) is 55.2 Å². The van der Waals surface area contributed by atoms with Crippen LogP contribution >= 0.6 is 0 Å². The minimum Gasteiger partial charge on any atom is -0.436 e. The molecule has 3 atom stereocenters. The van der Waals surface area contributed by atoms with Crippen LogP contribution in [0.5, 0.6) is 0 Å². The molecule has 1 unspecified atom stereocenters. The summed E-state index contributed by atoms with van der Waals surface area (Å²) in [6.45, 7) is 8.85. The molecule has 2 aliphatic heterocycles. The zero-order valence-corrected chi connectivity index (χ0v) is 33.0. The van der Waals surface area contributed by atoms with Gasteiger partial charge in [-0.15, -0.1) is 0 Å². The molecule has 57 heavy (non-hydrogen) atoms. The summed E-state index contributed by atoms with van der Waals surface area (Å²) in [5, 5.41) is 5.19. The quantitative estimate of drug-likeness (QED) is 0.119. The zero-order chi connectivity index (χ0) is 40.2. The van der Waals surface area contributed by atoms with Crippen molar-refractivity contribution in [2.45, 2.75) is 78.0 Å². The maximum atomic E-state index is 13.5. The second-order valence-corrected chi connectivity index (χ2v) is 15.5. The van der Waals surface area contributed by atoms with Crippen LogP contribution in [0.3, 0.4) is 0 Å². The first-order chi connectivity index (χ1) is 27.5. The monoisotopic (exact) mass is 774 g/mol. The number of rotatable bonds is 12. The van der Waals surface area contributed by atoms with Crippen molar-refractivity contribution in [3.05, 3.63) is 72.7 Å². The van der Waals surface area contributed by atoms with Gasteiger partial charge in [0.25, 0.3) is 5.91 Å². The lowest BCUT2D eigenvalue weighted by atomic mass is 10.1. The third kappa shape index (κ3) is 8.66. The average molecular weight is 775 g/mol. The molecule has 0 bridgehead atoms. The number of hydrogen-bond donors (Lipinski definition) is 4. The molecule has 298 valence electrons. The molecule has 0 saturated carbocycles. The largest absolute Gasteiger partial charge is 0.436 e. The highest BCUT2D eigenvalue weighted by atomic mass is 16.6. The predicted molar refractivity (Wildman–Crippen MR) is 214 cm³/mol. The van der Waals surface area contributed by atoms with E-state index in [0.29, 0.717) is 25.3 Å². The van der Waals surface area contributed by atoms with Crippen molar-refractivity contribution in [3.63, 3.8) is 0 Å². The van der Waals surface area contributed by atoms with Gasteiger partial charge in [0.1, 0.15) is 11.6 Å². The minimum atomic E-state index is -0.882. The number of imidazole rings is 2. The van der Waals surface area contributed by atoms with Crippen LogP contribution in [0.25, 0.3) is 44.8 Å². The number of ether oxygens (including phenoxy) is 1. The molecule has 0 radical (unpaired) electrons. The summed E-state index contributed by atoms with van der Waals surface area (Å²) in [7, 11) is 1.47. The van der Waals surface area contributed by atoms with Crippen molar-refractivity contribution in [1.29, 1.82) is 0 Å². The summed E-state index contributed by atoms with van der Waals surface area (Å²) in [5.41, 5.74) is 6.63. The number of alkyl carbamates (subject to hydrolysis) is 1. The Bertz CT molecular complexity index is 2250. The van der Waals surface area contributed by atoms with E-state index in [1.54, 1.807) is 28.4 Å². The number of carbonyl (C=O) groups is 4. The standard InChI is InChI=1S/C42H50N10O5/c1-24(2)18-36(53)45-23-37(54)51-16-6-8-34(51)39-47-22-33(50-39)28-14-15-29-30(19-28)44-20-31(48-29)26-10-12-27(13-11-26)32-21-46-40(49-32)35-9-7-17-52(35)41(55)38(25(3)4)57-42(56)43-5/h10-15,19-22,24-25,34-35,38H,6-9,16-18,23H2,1-5H3,(H,43,56)(H,45,53)(H,46,49)(H,47,50)/t34-,35?,38-/m0/s1. The summed E-state index contributed by atoms with van der Waals surface area (Å²) in [5.74, 6) is 1.03. The SMILES string of the molecule is CNC(=O)O[C@H](C(=O)N1CCCC1c1ncc(-c2ccc(-c3cnc4cc(-c5cnc([C@@H]6CCCN6C(=O)CNC(=O)CC(C)C)[nH]5)ccc4n3)cc2)[nH]1)C(C)C. The molecule has 15 nitrogen and oxygen atoms in total. The van der Waals surface area contributed by atoms with Crippen LogP contribution < -0.4 is 10.6 Å². The second-order valence-electron chi connectivity index (χ2n) is 15.5. The lowest BCUT2D eigenvalue weighted by molar-refractivity contribution is -0.143. The van der Waals surface area contributed by atoms with E-state index in [1.807, 2.05) is 70.2 Å². The maximum absolute atomic E-state index is 13.5. The Morgan fingerprint density at radius 1 is 0.789 bits per heavy atom. The number of aromatic nitrogens is 6. The number of likely N-dealkylation sites (tertiary alicyclic amines) is 2. The number of amides is 4. The Kier molecular flexibility index (Phi) is 11.6. The predicted octanol–water partition coefficient (Wildman–Crippen LogP) is 5.95. The summed E-state index contributed by atoms with van der Waals surface area (Å²) in [6, 6.07) is 13.5. The van der Waals surface area contributed by atoms with Crippen LogP contribution in [0.1, 0.15) is 83.5 Å². The van der Waals surface area contributed by atoms with Gasteiger partial charge in [0.15, 0.2) is 6.10 Å². The van der Waals surface area contributed by atoms with E-state index in [2.05, 4.69) is 30.6 Å². The van der Waals surface area contributed by atoms with Crippen molar-refractivity contribution >= 4 is 34.8 Å². The first-order valence-corrected chi connectivity index (χ1v) is 19.7. The Balaban J connectivity index is 1.00. The van der Waals surface area contributed by atoms with Gasteiger partial charge in [-0.2, -0.15) is 0 Å². The minimum absolute atomic E-state index is 0.0143. The molecule has 3 aromatic heterocycles. The Morgan fingerprint density at radius 2 is 1.40 bits per heavy atom. The van der Waals surface area contributed by atoms with Gasteiger partial charge in [0.05, 0.1) is 65.3 Å². The molecule has 7 rings (SSSR count). The van der Waals surface area contributed by atoms with E-state index >= 15 is 0 Å². The Morgan fingerprint density at radius 3 is 2.05 bits per heavy atom. The van der Waals surface area contributed by atoms with Crippen LogP contribution in [0.15, 0.2) is 61.1 Å². The van der Waals surface area contributed by atoms with E-state index in [0.717, 1.165) is 76.3 Å². The smallest absolute Gasteiger partial charge is 0.407 e. The second kappa shape index (κ2) is 16.9. The van der Waals surface area contributed by atoms with Crippen LogP contribution in [-0.2, 0) is 19.1 Å². The molecule has 5 aromatic rings. The summed E-state index contributed by atoms with van der Waals surface area (Å²) < 4.78 is 5.43. The molecule has 2 aliphatic rings. The molecule has 2 fully saturated rings. The molecule has 0 spiro atoms. The van der Waals surface area contributed by atoms with Crippen molar-refractivity contribution in [1.82, 2.24) is 50.3 Å². The highest BCUT2D eigenvalue weighted by molar-refractivity contribution is 5.86. The molecular weight excluding hydrogens is 725 g/mol. The number of hydrogen-bond acceptors (Lipinski definition) is 9. The highest BCUT2D eigenvalue weighted by Gasteiger charge is 2.38. The van der Waals surface area contributed by atoms with Crippen LogP contribution in [0.4, 0.5) is 4.79 Å². The van der Waals surface area contributed by atoms with E-state index in [9.17, 15) is 19.2 Å². The fourth-order valence-electron chi connectivity index (χ4n) is 7.64. The topological polar surface area (TPSA) is 191 Å². The lowest BCUT2D eigenvalue weighted by Gasteiger charge is -2.29. The van der Waals surface area contributed by atoms with E-state index in [1.165, 1.54) is 7.05 Å². The maximum Gasteiger partial charge on any atom is 0.407 e. The summed E-state index contributed by atoms with van der Waals surface area (Å²) in [6.07, 6.45) is 7.47. The number of nitrogens with one attached hydrogen (secondary N) is 4. The number of H-pyrrole nitrogens is 2. The Labute approximate surface area is 331 Å². The van der Waals surface area contributed by atoms with Gasteiger partial charge in [-0.3, -0.25) is 19.4 Å². The molecule has 4 amide bonds. The van der Waals surface area contributed by atoms with Gasteiger partial charge in [-0.25, -0.2) is 19.7 Å². The van der Waals surface area contributed by atoms with E-state index in [4.69, 9.17) is 14.7 Å². The number of fused-ring (bicyclic) bond motifs is 1. The normalized spacial score (nSPS) is 17.4. The van der Waals surface area contributed by atoms with Gasteiger partial charge < -0.3 is 35.1 Å². The van der Waals surface area contributed by atoms with Crippen molar-refractivity contribution < 1.29 is 23.9 Å². The third-order valence-corrected chi connectivity index (χ3v) is 10.6. The zero-order valence-electron chi connectivity index (χ0n) is 33.0. The average Bonchev–Trinajstić information content (AvgIpc) is 4.05. The highest BCUT2D eigenvalue weighted by Crippen LogP contribution is 2.35. The van der Waals surface area contributed by atoms with E-state index in [-0.39, 0.29) is 48.2 Å². The third-order valence-electron chi connectivity index (χ3n) is 10.6. The van der Waals surface area contributed by atoms with Crippen LogP contribution in [0, 0.1) is 11.8 Å². The number of benzene rings is 2. The number of aromatic amines is 2. The first-order valence-electron chi connectivity index (χ1n) is 19.7. The van der Waals surface area contributed by atoms with Crippen LogP contribution in [0.2, 0.25) is 0 Å². The molecule has 0 aliphatic carbocycles. The first kappa shape index (κ1) is 39.1. The van der Waals surface area contributed by atoms with E-state index < -0.39 is 12.2 Å². The van der Waals surface area contributed by atoms with Gasteiger partial charge in [0, 0.05) is 37.7 Å². The molecule has 2 aromatic carbocycles. The summed E-state index contributed by atoms with van der Waals surface area (Å²) in [4.78, 5) is 79.9. The molecule has 5 heterocycles. The van der Waals surface area contributed by atoms with Crippen molar-refractivity contribution in [2.75, 3.05) is 26.7 Å². The molecule has 4 N–H and O–H groups in total. The molecular formula is C42H50N10O5. The van der Waals surface area contributed by atoms with Gasteiger partial charge >= 0.3 is 6.09 Å². The van der Waals surface area contributed by atoms with Gasteiger partial charge in [-0.1, -0.05) is 58.0 Å². The molecule has 2 saturated heterocycles.